The van der Waals surface area contributed by atoms with Crippen molar-refractivity contribution in [1.29, 1.82) is 0 Å². The minimum Gasteiger partial charge on any atom is -0.421 e. The first-order chi connectivity index (χ1) is 17.3. The molecule has 0 radical (unpaired) electrons. The van der Waals surface area contributed by atoms with Crippen LogP contribution in [-0.2, 0) is 28.8 Å². The van der Waals surface area contributed by atoms with Crippen LogP contribution in [0.3, 0.4) is 0 Å². The molecule has 0 saturated carbocycles. The fourth-order valence-electron chi connectivity index (χ4n) is 4.03. The van der Waals surface area contributed by atoms with Crippen LogP contribution in [0.4, 0.5) is 17.1 Å². The molecule has 1 saturated heterocycles. The first-order valence-corrected chi connectivity index (χ1v) is 10.7. The Morgan fingerprint density at radius 3 is 1.75 bits per heavy atom. The second kappa shape index (κ2) is 8.55. The number of imide groups is 3. The summed E-state index contributed by atoms with van der Waals surface area (Å²) < 4.78 is 5.56. The summed E-state index contributed by atoms with van der Waals surface area (Å²) in [6, 6.07) is 10.1. The summed E-state index contributed by atoms with van der Waals surface area (Å²) in [5.74, 6) is -5.60. The van der Waals surface area contributed by atoms with E-state index < -0.39 is 47.2 Å². The van der Waals surface area contributed by atoms with Gasteiger partial charge in [-0.25, -0.2) is 19.5 Å². The number of anilines is 3. The van der Waals surface area contributed by atoms with Gasteiger partial charge in [-0.15, -0.1) is 0 Å². The van der Waals surface area contributed by atoms with Crippen molar-refractivity contribution in [2.24, 2.45) is 0 Å². The maximum absolute atomic E-state index is 12.9. The Morgan fingerprint density at radius 2 is 1.19 bits per heavy atom. The Balaban J connectivity index is 1.75. The summed E-state index contributed by atoms with van der Waals surface area (Å²) >= 11 is 0. The van der Waals surface area contributed by atoms with Gasteiger partial charge in [0.1, 0.15) is 5.69 Å². The molecule has 11 heteroatoms. The molecular formula is C25H15N3O8. The molecule has 0 spiro atoms. The molecule has 178 valence electrons. The van der Waals surface area contributed by atoms with E-state index in [9.17, 15) is 33.6 Å². The average molecular weight is 485 g/mol. The van der Waals surface area contributed by atoms with Gasteiger partial charge in [0.2, 0.25) is 11.8 Å². The third kappa shape index (κ3) is 3.68. The quantitative estimate of drug-likeness (QED) is 0.352. The zero-order valence-electron chi connectivity index (χ0n) is 18.4. The molecule has 5 rings (SSSR count). The van der Waals surface area contributed by atoms with Gasteiger partial charge in [-0.05, 0) is 18.2 Å². The SMILES string of the molecule is O=C(Oc1cc(N2C(=O)C=CC2=O)cc(N2C(=O)C=CC2=O)c1N1C(=O)CCC1=O)c1ccccc1. The van der Waals surface area contributed by atoms with Crippen LogP contribution in [0.25, 0.3) is 0 Å². The number of carbonyl (C=O) groups excluding carboxylic acids is 7. The molecule has 0 aromatic heterocycles. The standard InChI is InChI=1S/C25H15N3O8/c29-18-6-7-19(30)26(18)15-12-16(27-20(31)8-9-21(27)32)24(28-22(33)10-11-23(28)34)17(13-15)36-25(35)14-4-2-1-3-5-14/h1-9,12-13H,10-11H2. The molecule has 2 aromatic carbocycles. The van der Waals surface area contributed by atoms with E-state index in [0.29, 0.717) is 4.90 Å². The molecule has 2 aromatic rings. The summed E-state index contributed by atoms with van der Waals surface area (Å²) in [6.07, 6.45) is 3.73. The normalized spacial score (nSPS) is 17.3. The molecule has 0 atom stereocenters. The van der Waals surface area contributed by atoms with Crippen molar-refractivity contribution in [3.05, 3.63) is 72.3 Å². The van der Waals surface area contributed by atoms with Crippen LogP contribution in [0, 0.1) is 0 Å². The van der Waals surface area contributed by atoms with Crippen LogP contribution >= 0.6 is 0 Å². The fraction of sp³-hybridized carbons (Fsp3) is 0.0800. The van der Waals surface area contributed by atoms with Crippen molar-refractivity contribution in [3.63, 3.8) is 0 Å². The number of esters is 1. The number of hydrogen-bond donors (Lipinski definition) is 0. The summed E-state index contributed by atoms with van der Waals surface area (Å²) in [4.78, 5) is 90.4. The van der Waals surface area contributed by atoms with Crippen LogP contribution in [0.1, 0.15) is 23.2 Å². The lowest BCUT2D eigenvalue weighted by molar-refractivity contribution is -0.122. The second-order valence-electron chi connectivity index (χ2n) is 7.88. The summed E-state index contributed by atoms with van der Waals surface area (Å²) in [6.45, 7) is 0. The first kappa shape index (κ1) is 22.6. The lowest BCUT2D eigenvalue weighted by atomic mass is 10.1. The number of benzene rings is 2. The maximum Gasteiger partial charge on any atom is 0.343 e. The van der Waals surface area contributed by atoms with Gasteiger partial charge < -0.3 is 4.74 Å². The number of ether oxygens (including phenoxy) is 1. The van der Waals surface area contributed by atoms with Gasteiger partial charge in [-0.3, -0.25) is 28.8 Å². The highest BCUT2D eigenvalue weighted by molar-refractivity contribution is 6.33. The van der Waals surface area contributed by atoms with Gasteiger partial charge >= 0.3 is 5.97 Å². The molecule has 1 fully saturated rings. The zero-order chi connectivity index (χ0) is 25.6. The molecule has 0 bridgehead atoms. The summed E-state index contributed by atoms with van der Waals surface area (Å²) in [5.41, 5.74) is -0.650. The highest BCUT2D eigenvalue weighted by Crippen LogP contribution is 2.45. The third-order valence-corrected chi connectivity index (χ3v) is 5.64. The topological polar surface area (TPSA) is 138 Å². The molecule has 0 aliphatic carbocycles. The molecular weight excluding hydrogens is 470 g/mol. The van der Waals surface area contributed by atoms with Crippen LogP contribution < -0.4 is 19.4 Å². The number of nitrogens with zero attached hydrogens (tertiary/aromatic N) is 3. The minimum atomic E-state index is -0.881. The third-order valence-electron chi connectivity index (χ3n) is 5.64. The van der Waals surface area contributed by atoms with Crippen molar-refractivity contribution >= 4 is 58.5 Å². The highest BCUT2D eigenvalue weighted by Gasteiger charge is 2.40. The number of carbonyl (C=O) groups is 7. The van der Waals surface area contributed by atoms with Crippen LogP contribution in [-0.4, -0.2) is 41.4 Å². The van der Waals surface area contributed by atoms with Gasteiger partial charge in [0, 0.05) is 43.2 Å². The predicted molar refractivity (Wildman–Crippen MR) is 123 cm³/mol. The molecule has 3 aliphatic heterocycles. The van der Waals surface area contributed by atoms with Crippen LogP contribution in [0.5, 0.6) is 5.75 Å². The van der Waals surface area contributed by atoms with E-state index in [-0.39, 0.29) is 35.5 Å². The Bertz CT molecular complexity index is 1410. The lowest BCUT2D eigenvalue weighted by Crippen LogP contribution is -2.36. The Morgan fingerprint density at radius 1 is 0.667 bits per heavy atom. The van der Waals surface area contributed by atoms with Gasteiger partial charge in [0.05, 0.1) is 16.9 Å². The number of hydrogen-bond acceptors (Lipinski definition) is 8. The van der Waals surface area contributed by atoms with Crippen molar-refractivity contribution in [3.8, 4) is 5.75 Å². The Labute approximate surface area is 202 Å². The van der Waals surface area contributed by atoms with E-state index in [1.165, 1.54) is 12.1 Å². The molecule has 0 N–H and O–H groups in total. The molecule has 36 heavy (non-hydrogen) atoms. The first-order valence-electron chi connectivity index (χ1n) is 10.7. The molecule has 11 nitrogen and oxygen atoms in total. The van der Waals surface area contributed by atoms with E-state index in [0.717, 1.165) is 46.2 Å². The van der Waals surface area contributed by atoms with Gasteiger partial charge in [-0.1, -0.05) is 18.2 Å². The van der Waals surface area contributed by atoms with Crippen molar-refractivity contribution < 1.29 is 38.3 Å². The summed E-state index contributed by atoms with van der Waals surface area (Å²) in [7, 11) is 0. The van der Waals surface area contributed by atoms with Gasteiger partial charge in [0.15, 0.2) is 5.75 Å². The average Bonchev–Trinajstić information content (AvgIpc) is 3.49. The smallest absolute Gasteiger partial charge is 0.343 e. The largest absolute Gasteiger partial charge is 0.421 e. The van der Waals surface area contributed by atoms with E-state index in [1.807, 2.05) is 0 Å². The molecule has 3 aliphatic rings. The number of amides is 6. The van der Waals surface area contributed by atoms with Crippen LogP contribution in [0.15, 0.2) is 66.8 Å². The van der Waals surface area contributed by atoms with E-state index in [1.54, 1.807) is 18.2 Å². The van der Waals surface area contributed by atoms with Gasteiger partial charge in [0.25, 0.3) is 23.6 Å². The van der Waals surface area contributed by atoms with Crippen molar-refractivity contribution in [1.82, 2.24) is 0 Å². The van der Waals surface area contributed by atoms with Gasteiger partial charge in [-0.2, -0.15) is 0 Å². The van der Waals surface area contributed by atoms with E-state index in [2.05, 4.69) is 0 Å². The Hall–Kier alpha value is -5.19. The molecule has 3 heterocycles. The Kier molecular flexibility index (Phi) is 5.36. The van der Waals surface area contributed by atoms with Crippen molar-refractivity contribution in [2.45, 2.75) is 12.8 Å². The minimum absolute atomic E-state index is 0.125. The molecule has 0 unspecified atom stereocenters. The van der Waals surface area contributed by atoms with E-state index in [4.69, 9.17) is 4.74 Å². The van der Waals surface area contributed by atoms with E-state index >= 15 is 0 Å². The maximum atomic E-state index is 12.9. The summed E-state index contributed by atoms with van der Waals surface area (Å²) in [5, 5.41) is 0. The molecule has 6 amide bonds. The fourth-order valence-corrected chi connectivity index (χ4v) is 4.03. The lowest BCUT2D eigenvalue weighted by Gasteiger charge is -2.27. The van der Waals surface area contributed by atoms with Crippen LogP contribution in [0.2, 0.25) is 0 Å². The second-order valence-corrected chi connectivity index (χ2v) is 7.88. The predicted octanol–water partition coefficient (Wildman–Crippen LogP) is 1.42. The zero-order valence-corrected chi connectivity index (χ0v) is 18.4. The highest BCUT2D eigenvalue weighted by atomic mass is 16.5. The van der Waals surface area contributed by atoms with Crippen molar-refractivity contribution in [2.75, 3.05) is 14.7 Å². The number of rotatable bonds is 5. The monoisotopic (exact) mass is 485 g/mol.